The average Bonchev–Trinajstić information content (AvgIpc) is 2.47. The lowest BCUT2D eigenvalue weighted by Crippen LogP contribution is -2.44. The zero-order chi connectivity index (χ0) is 13.5. The molecule has 0 bridgehead atoms. The number of nitrogens with one attached hydrogen (secondary N) is 1. The van der Waals surface area contributed by atoms with Gasteiger partial charge in [-0.3, -0.25) is 0 Å². The van der Waals surface area contributed by atoms with Gasteiger partial charge in [0.1, 0.15) is 0 Å². The van der Waals surface area contributed by atoms with E-state index in [1.807, 2.05) is 0 Å². The molecule has 106 valence electrons. The summed E-state index contributed by atoms with van der Waals surface area (Å²) in [6.45, 7) is 3.02. The Hall–Kier alpha value is -0.860. The maximum atomic E-state index is 6.19. The lowest BCUT2D eigenvalue weighted by molar-refractivity contribution is -0.0192. The van der Waals surface area contributed by atoms with Crippen LogP contribution >= 0.6 is 0 Å². The third-order valence-corrected chi connectivity index (χ3v) is 4.27. The molecule has 0 aliphatic heterocycles. The fourth-order valence-corrected chi connectivity index (χ4v) is 3.17. The standard InChI is InChI=1S/C17H27NO/c1-3-7-14-10-11-16(18-2)17(12-14)19-13-15-8-5-4-6-9-15/h4-6,8-9,14,16-18H,3,7,10-13H2,1-2H3. The van der Waals surface area contributed by atoms with Crippen LogP contribution in [-0.2, 0) is 11.3 Å². The Morgan fingerprint density at radius 2 is 2.00 bits per heavy atom. The number of likely N-dealkylation sites (N-methyl/N-ethyl adjacent to an activating group) is 1. The smallest absolute Gasteiger partial charge is 0.0735 e. The first kappa shape index (κ1) is 14.5. The van der Waals surface area contributed by atoms with E-state index in [1.54, 1.807) is 0 Å². The van der Waals surface area contributed by atoms with Crippen molar-refractivity contribution in [2.24, 2.45) is 5.92 Å². The van der Waals surface area contributed by atoms with Crippen molar-refractivity contribution in [3.8, 4) is 0 Å². The molecule has 1 fully saturated rings. The zero-order valence-electron chi connectivity index (χ0n) is 12.3. The van der Waals surface area contributed by atoms with Gasteiger partial charge in [-0.1, -0.05) is 50.1 Å². The third kappa shape index (κ3) is 4.32. The van der Waals surface area contributed by atoms with Crippen LogP contribution in [0.15, 0.2) is 30.3 Å². The monoisotopic (exact) mass is 261 g/mol. The van der Waals surface area contributed by atoms with Crippen LogP contribution in [0.25, 0.3) is 0 Å². The fourth-order valence-electron chi connectivity index (χ4n) is 3.17. The van der Waals surface area contributed by atoms with Gasteiger partial charge >= 0.3 is 0 Å². The molecule has 1 aromatic rings. The molecule has 1 N–H and O–H groups in total. The lowest BCUT2D eigenvalue weighted by Gasteiger charge is -2.36. The van der Waals surface area contributed by atoms with E-state index in [2.05, 4.69) is 49.6 Å². The number of ether oxygens (including phenoxy) is 1. The number of benzene rings is 1. The SMILES string of the molecule is CCCC1CCC(NC)C(OCc2ccccc2)C1. The van der Waals surface area contributed by atoms with Gasteiger partial charge in [-0.15, -0.1) is 0 Å². The zero-order valence-corrected chi connectivity index (χ0v) is 12.3. The molecule has 1 aromatic carbocycles. The first-order valence-corrected chi connectivity index (χ1v) is 7.66. The van der Waals surface area contributed by atoms with Gasteiger partial charge in [-0.2, -0.15) is 0 Å². The van der Waals surface area contributed by atoms with E-state index in [9.17, 15) is 0 Å². The summed E-state index contributed by atoms with van der Waals surface area (Å²) >= 11 is 0. The Morgan fingerprint density at radius 3 is 2.68 bits per heavy atom. The molecule has 0 spiro atoms. The van der Waals surface area contributed by atoms with Crippen molar-refractivity contribution in [1.29, 1.82) is 0 Å². The lowest BCUT2D eigenvalue weighted by atomic mass is 9.81. The summed E-state index contributed by atoms with van der Waals surface area (Å²) in [6, 6.07) is 11.0. The maximum Gasteiger partial charge on any atom is 0.0735 e. The molecule has 0 amide bonds. The Morgan fingerprint density at radius 1 is 1.21 bits per heavy atom. The maximum absolute atomic E-state index is 6.19. The molecule has 2 nitrogen and oxygen atoms in total. The molecule has 2 heteroatoms. The molecule has 1 aliphatic rings. The quantitative estimate of drug-likeness (QED) is 0.842. The van der Waals surface area contributed by atoms with E-state index in [0.29, 0.717) is 12.1 Å². The van der Waals surface area contributed by atoms with Gasteiger partial charge in [0, 0.05) is 6.04 Å². The predicted octanol–water partition coefficient (Wildman–Crippen LogP) is 3.76. The molecular weight excluding hydrogens is 234 g/mol. The summed E-state index contributed by atoms with van der Waals surface area (Å²) in [6.07, 6.45) is 6.83. The van der Waals surface area contributed by atoms with E-state index in [4.69, 9.17) is 4.74 Å². The van der Waals surface area contributed by atoms with Crippen LogP contribution in [0.1, 0.15) is 44.6 Å². The molecule has 3 unspecified atom stereocenters. The normalized spacial score (nSPS) is 27.4. The second-order valence-corrected chi connectivity index (χ2v) is 5.70. The van der Waals surface area contributed by atoms with Crippen molar-refractivity contribution in [3.63, 3.8) is 0 Å². The van der Waals surface area contributed by atoms with Gasteiger partial charge in [-0.25, -0.2) is 0 Å². The van der Waals surface area contributed by atoms with Crippen LogP contribution in [0.3, 0.4) is 0 Å². The molecule has 19 heavy (non-hydrogen) atoms. The van der Waals surface area contributed by atoms with Gasteiger partial charge in [0.2, 0.25) is 0 Å². The number of hydrogen-bond acceptors (Lipinski definition) is 2. The summed E-state index contributed by atoms with van der Waals surface area (Å²) in [4.78, 5) is 0. The van der Waals surface area contributed by atoms with Crippen molar-refractivity contribution in [2.45, 2.75) is 57.8 Å². The van der Waals surface area contributed by atoms with Gasteiger partial charge in [-0.05, 0) is 37.8 Å². The minimum atomic E-state index is 0.371. The van der Waals surface area contributed by atoms with Gasteiger partial charge in [0.05, 0.1) is 12.7 Å². The Kier molecular flexibility index (Phi) is 5.87. The van der Waals surface area contributed by atoms with E-state index in [-0.39, 0.29) is 0 Å². The van der Waals surface area contributed by atoms with Gasteiger partial charge in [0.15, 0.2) is 0 Å². The second-order valence-electron chi connectivity index (χ2n) is 5.70. The molecule has 2 rings (SSSR count). The highest BCUT2D eigenvalue weighted by atomic mass is 16.5. The first-order chi connectivity index (χ1) is 9.33. The van der Waals surface area contributed by atoms with Crippen LogP contribution in [0.4, 0.5) is 0 Å². The minimum Gasteiger partial charge on any atom is -0.372 e. The summed E-state index contributed by atoms with van der Waals surface area (Å²) < 4.78 is 6.19. The Bertz CT molecular complexity index is 352. The second kappa shape index (κ2) is 7.66. The van der Waals surface area contributed by atoms with Gasteiger partial charge in [0.25, 0.3) is 0 Å². The third-order valence-electron chi connectivity index (χ3n) is 4.27. The molecular formula is C17H27NO. The summed E-state index contributed by atoms with van der Waals surface area (Å²) in [5.41, 5.74) is 1.27. The van der Waals surface area contributed by atoms with E-state index < -0.39 is 0 Å². The van der Waals surface area contributed by atoms with Crippen LogP contribution in [0.5, 0.6) is 0 Å². The van der Waals surface area contributed by atoms with E-state index >= 15 is 0 Å². The van der Waals surface area contributed by atoms with Crippen molar-refractivity contribution in [3.05, 3.63) is 35.9 Å². The number of hydrogen-bond donors (Lipinski definition) is 1. The largest absolute Gasteiger partial charge is 0.372 e. The predicted molar refractivity (Wildman–Crippen MR) is 80.1 cm³/mol. The minimum absolute atomic E-state index is 0.371. The molecule has 0 radical (unpaired) electrons. The summed E-state index contributed by atoms with van der Waals surface area (Å²) in [5.74, 6) is 0.857. The molecule has 0 saturated heterocycles. The summed E-state index contributed by atoms with van der Waals surface area (Å²) in [5, 5.41) is 3.43. The molecule has 0 heterocycles. The number of rotatable bonds is 6. The molecule has 1 saturated carbocycles. The highest BCUT2D eigenvalue weighted by molar-refractivity contribution is 5.13. The highest BCUT2D eigenvalue weighted by Crippen LogP contribution is 2.30. The summed E-state index contributed by atoms with van der Waals surface area (Å²) in [7, 11) is 2.06. The van der Waals surface area contributed by atoms with Gasteiger partial charge < -0.3 is 10.1 Å². The van der Waals surface area contributed by atoms with Crippen LogP contribution in [0, 0.1) is 5.92 Å². The first-order valence-electron chi connectivity index (χ1n) is 7.66. The van der Waals surface area contributed by atoms with Crippen LogP contribution in [0.2, 0.25) is 0 Å². The van der Waals surface area contributed by atoms with Crippen molar-refractivity contribution in [2.75, 3.05) is 7.05 Å². The molecule has 0 aromatic heterocycles. The van der Waals surface area contributed by atoms with Crippen molar-refractivity contribution >= 4 is 0 Å². The Labute approximate surface area is 117 Å². The fraction of sp³-hybridized carbons (Fsp3) is 0.647. The highest BCUT2D eigenvalue weighted by Gasteiger charge is 2.29. The average molecular weight is 261 g/mol. The molecule has 1 aliphatic carbocycles. The van der Waals surface area contributed by atoms with E-state index in [0.717, 1.165) is 12.5 Å². The van der Waals surface area contributed by atoms with Crippen molar-refractivity contribution in [1.82, 2.24) is 5.32 Å². The van der Waals surface area contributed by atoms with Crippen LogP contribution in [-0.4, -0.2) is 19.2 Å². The van der Waals surface area contributed by atoms with Crippen molar-refractivity contribution < 1.29 is 4.74 Å². The topological polar surface area (TPSA) is 21.3 Å². The Balaban J connectivity index is 1.87. The van der Waals surface area contributed by atoms with E-state index in [1.165, 1.54) is 37.7 Å². The molecule has 3 atom stereocenters. The van der Waals surface area contributed by atoms with Crippen LogP contribution < -0.4 is 5.32 Å².